The first-order chi connectivity index (χ1) is 14.7. The molecule has 0 bridgehead atoms. The molecule has 154 valence electrons. The minimum Gasteiger partial charge on any atom is -0.361 e. The van der Waals surface area contributed by atoms with Crippen LogP contribution >= 0.6 is 0 Å². The van der Waals surface area contributed by atoms with E-state index < -0.39 is 0 Å². The van der Waals surface area contributed by atoms with Crippen LogP contribution in [0.15, 0.2) is 54.7 Å². The molecule has 3 aromatic rings. The first kappa shape index (κ1) is 18.9. The normalized spacial score (nSPS) is 19.3. The van der Waals surface area contributed by atoms with Gasteiger partial charge in [0.05, 0.1) is 6.04 Å². The van der Waals surface area contributed by atoms with Gasteiger partial charge in [-0.05, 0) is 30.5 Å². The van der Waals surface area contributed by atoms with Crippen molar-refractivity contribution in [2.45, 2.75) is 50.6 Å². The Balaban J connectivity index is 1.40. The van der Waals surface area contributed by atoms with Crippen LogP contribution in [-0.4, -0.2) is 34.3 Å². The van der Waals surface area contributed by atoms with E-state index in [0.717, 1.165) is 40.4 Å². The molecule has 1 fully saturated rings. The van der Waals surface area contributed by atoms with Crippen LogP contribution in [0, 0.1) is 0 Å². The maximum atomic E-state index is 13.2. The van der Waals surface area contributed by atoms with Gasteiger partial charge < -0.3 is 15.2 Å². The largest absolute Gasteiger partial charge is 0.361 e. The van der Waals surface area contributed by atoms with Gasteiger partial charge in [-0.2, -0.15) is 0 Å². The van der Waals surface area contributed by atoms with E-state index in [2.05, 4.69) is 16.4 Å². The molecule has 1 aliphatic carbocycles. The maximum Gasteiger partial charge on any atom is 0.255 e. The molecule has 0 spiro atoms. The number of nitrogens with zero attached hydrogens (tertiary/aromatic N) is 1. The van der Waals surface area contributed by atoms with Gasteiger partial charge in [0.25, 0.3) is 5.91 Å². The maximum absolute atomic E-state index is 13.2. The highest BCUT2D eigenvalue weighted by atomic mass is 16.2. The fourth-order valence-corrected chi connectivity index (χ4v) is 5.03. The van der Waals surface area contributed by atoms with Gasteiger partial charge in [-0.15, -0.1) is 0 Å². The van der Waals surface area contributed by atoms with E-state index in [9.17, 15) is 9.59 Å². The van der Waals surface area contributed by atoms with E-state index >= 15 is 0 Å². The molecule has 5 nitrogen and oxygen atoms in total. The van der Waals surface area contributed by atoms with Crippen molar-refractivity contribution >= 4 is 22.7 Å². The summed E-state index contributed by atoms with van der Waals surface area (Å²) in [5, 5.41) is 4.29. The summed E-state index contributed by atoms with van der Waals surface area (Å²) in [5.74, 6) is 0.0506. The molecule has 0 radical (unpaired) electrons. The average molecular weight is 402 g/mol. The summed E-state index contributed by atoms with van der Waals surface area (Å²) in [7, 11) is 0. The molecule has 30 heavy (non-hydrogen) atoms. The molecular formula is C25H27N3O2. The highest BCUT2D eigenvalue weighted by molar-refractivity contribution is 6.01. The molecule has 2 amide bonds. The SMILES string of the molecule is O=C(CCN1C(=O)c2ccccc2[C@@H]1c1c[nH]c2ccccc12)NC1CCCCC1. The van der Waals surface area contributed by atoms with Crippen LogP contribution in [0.25, 0.3) is 10.9 Å². The summed E-state index contributed by atoms with van der Waals surface area (Å²) in [4.78, 5) is 31.0. The molecular weight excluding hydrogens is 374 g/mol. The number of fused-ring (bicyclic) bond motifs is 2. The highest BCUT2D eigenvalue weighted by Gasteiger charge is 2.38. The van der Waals surface area contributed by atoms with Crippen molar-refractivity contribution < 1.29 is 9.59 Å². The number of aromatic amines is 1. The zero-order valence-corrected chi connectivity index (χ0v) is 17.1. The zero-order valence-electron chi connectivity index (χ0n) is 17.1. The number of amides is 2. The lowest BCUT2D eigenvalue weighted by molar-refractivity contribution is -0.122. The van der Waals surface area contributed by atoms with Gasteiger partial charge in [-0.3, -0.25) is 9.59 Å². The van der Waals surface area contributed by atoms with Gasteiger partial charge in [-0.1, -0.05) is 55.7 Å². The van der Waals surface area contributed by atoms with Gasteiger partial charge in [0.15, 0.2) is 0 Å². The number of aromatic nitrogens is 1. The molecule has 1 atom stereocenters. The first-order valence-corrected chi connectivity index (χ1v) is 11.0. The molecule has 1 aliphatic heterocycles. The fourth-order valence-electron chi connectivity index (χ4n) is 5.03. The standard InChI is InChI=1S/C25H27N3O2/c29-23(27-17-8-2-1-3-9-17)14-15-28-24(19-11-4-5-12-20(19)25(28)30)21-16-26-22-13-7-6-10-18(21)22/h4-7,10-13,16-17,24,26H,1-3,8-9,14-15H2,(H,27,29)/t24-/m1/s1. The van der Waals surface area contributed by atoms with Crippen molar-refractivity contribution in [1.82, 2.24) is 15.2 Å². The predicted octanol–water partition coefficient (Wildman–Crippen LogP) is 4.55. The third-order valence-corrected chi connectivity index (χ3v) is 6.52. The Hall–Kier alpha value is -3.08. The van der Waals surface area contributed by atoms with Crippen molar-refractivity contribution in [2.24, 2.45) is 0 Å². The number of carbonyl (C=O) groups excluding carboxylic acids is 2. The Labute approximate surface area is 176 Å². The number of para-hydroxylation sites is 1. The molecule has 1 saturated carbocycles. The van der Waals surface area contributed by atoms with Gasteiger partial charge in [0, 0.05) is 47.2 Å². The van der Waals surface area contributed by atoms with Crippen LogP contribution in [-0.2, 0) is 4.79 Å². The van der Waals surface area contributed by atoms with Crippen molar-refractivity contribution in [2.75, 3.05) is 6.54 Å². The van der Waals surface area contributed by atoms with E-state index in [1.54, 1.807) is 0 Å². The van der Waals surface area contributed by atoms with Crippen molar-refractivity contribution in [3.63, 3.8) is 0 Å². The number of hydrogen-bond acceptors (Lipinski definition) is 2. The summed E-state index contributed by atoms with van der Waals surface area (Å²) in [5.41, 5.74) is 3.89. The zero-order chi connectivity index (χ0) is 20.5. The Kier molecular flexibility index (Phi) is 5.03. The Morgan fingerprint density at radius 1 is 1.00 bits per heavy atom. The molecule has 0 unspecified atom stereocenters. The van der Waals surface area contributed by atoms with Gasteiger partial charge in [-0.25, -0.2) is 0 Å². The molecule has 2 aliphatic rings. The number of carbonyl (C=O) groups is 2. The Morgan fingerprint density at radius 2 is 1.77 bits per heavy atom. The smallest absolute Gasteiger partial charge is 0.255 e. The number of benzene rings is 2. The fraction of sp³-hybridized carbons (Fsp3) is 0.360. The minimum atomic E-state index is -0.174. The first-order valence-electron chi connectivity index (χ1n) is 11.0. The predicted molar refractivity (Wildman–Crippen MR) is 117 cm³/mol. The summed E-state index contributed by atoms with van der Waals surface area (Å²) < 4.78 is 0. The van der Waals surface area contributed by atoms with E-state index in [-0.39, 0.29) is 17.9 Å². The number of hydrogen-bond donors (Lipinski definition) is 2. The van der Waals surface area contributed by atoms with Gasteiger partial charge >= 0.3 is 0 Å². The number of nitrogens with one attached hydrogen (secondary N) is 2. The van der Waals surface area contributed by atoms with E-state index in [1.165, 1.54) is 19.3 Å². The molecule has 2 heterocycles. The molecule has 2 N–H and O–H groups in total. The molecule has 5 rings (SSSR count). The summed E-state index contributed by atoms with van der Waals surface area (Å²) in [6, 6.07) is 16.1. The third-order valence-electron chi connectivity index (χ3n) is 6.52. The van der Waals surface area contributed by atoms with E-state index in [1.807, 2.05) is 53.6 Å². The second-order valence-corrected chi connectivity index (χ2v) is 8.43. The second-order valence-electron chi connectivity index (χ2n) is 8.43. The van der Waals surface area contributed by atoms with Crippen LogP contribution in [0.4, 0.5) is 0 Å². The average Bonchev–Trinajstić information content (AvgIpc) is 3.32. The minimum absolute atomic E-state index is 0.00588. The molecule has 0 saturated heterocycles. The lowest BCUT2D eigenvalue weighted by Crippen LogP contribution is -2.39. The summed E-state index contributed by atoms with van der Waals surface area (Å²) >= 11 is 0. The van der Waals surface area contributed by atoms with Crippen LogP contribution in [0.3, 0.4) is 0 Å². The lowest BCUT2D eigenvalue weighted by Gasteiger charge is -2.26. The van der Waals surface area contributed by atoms with E-state index in [0.29, 0.717) is 19.0 Å². The van der Waals surface area contributed by atoms with Gasteiger partial charge in [0.1, 0.15) is 0 Å². The van der Waals surface area contributed by atoms with Crippen molar-refractivity contribution in [3.8, 4) is 0 Å². The number of rotatable bonds is 5. The Bertz CT molecular complexity index is 1080. The highest BCUT2D eigenvalue weighted by Crippen LogP contribution is 2.41. The second kappa shape index (κ2) is 7.98. The topological polar surface area (TPSA) is 65.2 Å². The molecule has 1 aromatic heterocycles. The molecule has 5 heteroatoms. The van der Waals surface area contributed by atoms with Crippen LogP contribution < -0.4 is 5.32 Å². The van der Waals surface area contributed by atoms with Crippen molar-refractivity contribution in [1.29, 1.82) is 0 Å². The van der Waals surface area contributed by atoms with Crippen molar-refractivity contribution in [3.05, 3.63) is 71.4 Å². The third kappa shape index (κ3) is 3.38. The quantitative estimate of drug-likeness (QED) is 0.659. The Morgan fingerprint density at radius 3 is 2.63 bits per heavy atom. The summed E-state index contributed by atoms with van der Waals surface area (Å²) in [6.45, 7) is 0.413. The van der Waals surface area contributed by atoms with Crippen LogP contribution in [0.1, 0.15) is 66.1 Å². The lowest BCUT2D eigenvalue weighted by atomic mass is 9.95. The van der Waals surface area contributed by atoms with E-state index in [4.69, 9.17) is 0 Å². The number of H-pyrrole nitrogens is 1. The molecule has 2 aromatic carbocycles. The van der Waals surface area contributed by atoms with Gasteiger partial charge in [0.2, 0.25) is 5.91 Å². The monoisotopic (exact) mass is 401 g/mol. The van der Waals surface area contributed by atoms with Crippen LogP contribution in [0.2, 0.25) is 0 Å². The summed E-state index contributed by atoms with van der Waals surface area (Å²) in [6.07, 6.45) is 8.10. The van der Waals surface area contributed by atoms with Crippen LogP contribution in [0.5, 0.6) is 0 Å².